The third kappa shape index (κ3) is 5.73. The summed E-state index contributed by atoms with van der Waals surface area (Å²) in [6.07, 6.45) is 0. The molecular weight excluding hydrogens is 294 g/mol. The monoisotopic (exact) mass is 319 g/mol. The van der Waals surface area contributed by atoms with E-state index in [9.17, 15) is 13.2 Å². The van der Waals surface area contributed by atoms with Crippen molar-refractivity contribution < 1.29 is 17.4 Å². The third-order valence-corrected chi connectivity index (χ3v) is 3.06. The molecular formula is C14H25NO5S. The molecule has 0 atom stereocenters. The van der Waals surface area contributed by atoms with Gasteiger partial charge in [-0.1, -0.05) is 41.5 Å². The molecule has 0 aliphatic rings. The fraction of sp³-hybridized carbons (Fsp3) is 0.500. The van der Waals surface area contributed by atoms with Crippen LogP contribution in [0.2, 0.25) is 0 Å². The van der Waals surface area contributed by atoms with E-state index in [1.165, 1.54) is 19.1 Å². The average Bonchev–Trinajstić information content (AvgIpc) is 2.86. The van der Waals surface area contributed by atoms with Crippen LogP contribution in [0.25, 0.3) is 11.1 Å². The van der Waals surface area contributed by atoms with Crippen LogP contribution < -0.4 is 5.76 Å². The summed E-state index contributed by atoms with van der Waals surface area (Å²) in [4.78, 5) is 13.0. The average molecular weight is 319 g/mol. The highest BCUT2D eigenvalue weighted by molar-refractivity contribution is 7.85. The smallest absolute Gasteiger partial charge is 0.408 e. The Bertz CT molecular complexity index is 683. The lowest BCUT2D eigenvalue weighted by Crippen LogP contribution is -2.00. The van der Waals surface area contributed by atoms with Gasteiger partial charge in [-0.25, -0.2) is 4.79 Å². The quantitative estimate of drug-likeness (QED) is 0.779. The van der Waals surface area contributed by atoms with Gasteiger partial charge in [0.25, 0.3) is 10.1 Å². The molecule has 0 spiro atoms. The Labute approximate surface area is 125 Å². The number of hydrogen-bond acceptors (Lipinski definition) is 4. The van der Waals surface area contributed by atoms with Gasteiger partial charge < -0.3 is 4.42 Å². The number of H-pyrrole nitrogens is 1. The van der Waals surface area contributed by atoms with Crippen LogP contribution >= 0.6 is 0 Å². The Balaban J connectivity index is 0. The molecule has 1 heterocycles. The van der Waals surface area contributed by atoms with Gasteiger partial charge in [0, 0.05) is 5.56 Å². The van der Waals surface area contributed by atoms with E-state index in [0.29, 0.717) is 5.52 Å². The van der Waals surface area contributed by atoms with Crippen LogP contribution in [0.1, 0.15) is 47.1 Å². The lowest BCUT2D eigenvalue weighted by Gasteiger charge is -2.00. The highest BCUT2D eigenvalue weighted by Crippen LogP contribution is 2.22. The fourth-order valence-corrected chi connectivity index (χ4v) is 2.13. The summed E-state index contributed by atoms with van der Waals surface area (Å²) >= 11 is 0. The number of aromatic amines is 1. The van der Waals surface area contributed by atoms with Crippen molar-refractivity contribution in [2.24, 2.45) is 0 Å². The van der Waals surface area contributed by atoms with E-state index in [4.69, 9.17) is 8.97 Å². The minimum Gasteiger partial charge on any atom is -0.408 e. The zero-order valence-corrected chi connectivity index (χ0v) is 14.5. The summed E-state index contributed by atoms with van der Waals surface area (Å²) in [6, 6.07) is 2.56. The van der Waals surface area contributed by atoms with Gasteiger partial charge in [0.15, 0.2) is 5.58 Å². The highest BCUT2D eigenvalue weighted by Gasteiger charge is 2.17. The molecule has 122 valence electrons. The largest absolute Gasteiger partial charge is 0.417 e. The first-order chi connectivity index (χ1) is 9.89. The molecule has 0 saturated heterocycles. The van der Waals surface area contributed by atoms with Crippen molar-refractivity contribution in [3.05, 3.63) is 28.2 Å². The van der Waals surface area contributed by atoms with Crippen LogP contribution in [0, 0.1) is 6.92 Å². The molecule has 0 aliphatic carbocycles. The van der Waals surface area contributed by atoms with Crippen molar-refractivity contribution in [1.82, 2.24) is 4.98 Å². The molecule has 0 fully saturated rings. The van der Waals surface area contributed by atoms with E-state index in [1.54, 1.807) is 0 Å². The number of oxazole rings is 1. The number of aryl methyl sites for hydroxylation is 1. The molecule has 6 nitrogen and oxygen atoms in total. The van der Waals surface area contributed by atoms with Crippen LogP contribution in [0.3, 0.4) is 0 Å². The molecule has 0 radical (unpaired) electrons. The van der Waals surface area contributed by atoms with E-state index in [0.717, 1.165) is 0 Å². The first-order valence-corrected chi connectivity index (χ1v) is 8.43. The number of rotatable bonds is 1. The molecule has 2 aromatic rings. The topological polar surface area (TPSA) is 100 Å². The summed E-state index contributed by atoms with van der Waals surface area (Å²) < 4.78 is 35.5. The number of nitrogens with one attached hydrogen (secondary N) is 1. The Kier molecular flexibility index (Phi) is 10.5. The number of hydrogen-bond donors (Lipinski definition) is 2. The molecule has 0 saturated carbocycles. The number of benzene rings is 1. The van der Waals surface area contributed by atoms with E-state index in [2.05, 4.69) is 4.98 Å². The molecule has 0 bridgehead atoms. The second kappa shape index (κ2) is 10.2. The molecule has 1 aromatic carbocycles. The SMILES string of the molecule is CC.CC.CC.Cc1c(S(=O)(=O)O)ccc2[nH]c(=O)oc12. The third-order valence-electron chi connectivity index (χ3n) is 2.07. The van der Waals surface area contributed by atoms with Gasteiger partial charge in [-0.3, -0.25) is 9.54 Å². The standard InChI is InChI=1S/C8H7NO5S.3C2H6/c1-4-6(15(11,12)13)3-2-5-7(4)14-8(10)9-5;3*1-2/h2-3H,1H3,(H,9,10)(H,11,12,13);3*1-2H3. The summed E-state index contributed by atoms with van der Waals surface area (Å²) in [7, 11) is -4.29. The van der Waals surface area contributed by atoms with Gasteiger partial charge in [-0.15, -0.1) is 0 Å². The zero-order chi connectivity index (χ0) is 17.2. The van der Waals surface area contributed by atoms with Gasteiger partial charge in [0.2, 0.25) is 0 Å². The van der Waals surface area contributed by atoms with E-state index < -0.39 is 15.9 Å². The van der Waals surface area contributed by atoms with Crippen LogP contribution in [0.4, 0.5) is 0 Å². The molecule has 0 unspecified atom stereocenters. The van der Waals surface area contributed by atoms with Gasteiger partial charge in [0.05, 0.1) is 5.52 Å². The highest BCUT2D eigenvalue weighted by atomic mass is 32.2. The summed E-state index contributed by atoms with van der Waals surface area (Å²) in [5.41, 5.74) is 0.730. The van der Waals surface area contributed by atoms with Gasteiger partial charge in [0.1, 0.15) is 4.90 Å². The van der Waals surface area contributed by atoms with Crippen molar-refractivity contribution in [1.29, 1.82) is 0 Å². The van der Waals surface area contributed by atoms with Crippen LogP contribution in [-0.2, 0) is 10.1 Å². The maximum absolute atomic E-state index is 10.9. The minimum atomic E-state index is -4.29. The van der Waals surface area contributed by atoms with E-state index in [1.807, 2.05) is 41.5 Å². The van der Waals surface area contributed by atoms with Crippen LogP contribution in [-0.4, -0.2) is 18.0 Å². The van der Waals surface area contributed by atoms with Crippen molar-refractivity contribution in [2.75, 3.05) is 0 Å². The maximum atomic E-state index is 10.9. The molecule has 7 heteroatoms. The molecule has 2 N–H and O–H groups in total. The Morgan fingerprint density at radius 1 is 1.05 bits per heavy atom. The normalized spacial score (nSPS) is 9.52. The lowest BCUT2D eigenvalue weighted by atomic mass is 10.2. The molecule has 0 aliphatic heterocycles. The first-order valence-electron chi connectivity index (χ1n) is 6.99. The van der Waals surface area contributed by atoms with E-state index >= 15 is 0 Å². The predicted octanol–water partition coefficient (Wildman–Crippen LogP) is 3.75. The molecule has 21 heavy (non-hydrogen) atoms. The summed E-state index contributed by atoms with van der Waals surface area (Å²) in [5, 5.41) is 0. The van der Waals surface area contributed by atoms with Gasteiger partial charge >= 0.3 is 5.76 Å². The summed E-state index contributed by atoms with van der Waals surface area (Å²) in [6.45, 7) is 13.4. The molecule has 1 aromatic heterocycles. The van der Waals surface area contributed by atoms with Crippen molar-refractivity contribution in [3.8, 4) is 0 Å². The Morgan fingerprint density at radius 3 is 1.95 bits per heavy atom. The van der Waals surface area contributed by atoms with Crippen molar-refractivity contribution >= 4 is 21.2 Å². The fourth-order valence-electron chi connectivity index (χ4n) is 1.41. The maximum Gasteiger partial charge on any atom is 0.417 e. The minimum absolute atomic E-state index is 0.134. The first kappa shape index (κ1) is 21.7. The number of aromatic nitrogens is 1. The predicted molar refractivity (Wildman–Crippen MR) is 85.4 cm³/mol. The Morgan fingerprint density at radius 2 is 1.52 bits per heavy atom. The van der Waals surface area contributed by atoms with E-state index in [-0.39, 0.29) is 16.0 Å². The summed E-state index contributed by atoms with van der Waals surface area (Å²) in [5.74, 6) is -0.666. The van der Waals surface area contributed by atoms with Gasteiger partial charge in [-0.05, 0) is 19.1 Å². The zero-order valence-electron chi connectivity index (χ0n) is 13.6. The van der Waals surface area contributed by atoms with Crippen LogP contribution in [0.15, 0.2) is 26.2 Å². The van der Waals surface area contributed by atoms with Crippen molar-refractivity contribution in [3.63, 3.8) is 0 Å². The van der Waals surface area contributed by atoms with Gasteiger partial charge in [-0.2, -0.15) is 8.42 Å². The Hall–Kier alpha value is -1.60. The van der Waals surface area contributed by atoms with Crippen molar-refractivity contribution in [2.45, 2.75) is 53.4 Å². The molecule has 2 rings (SSSR count). The second-order valence-electron chi connectivity index (χ2n) is 3.05. The number of fused-ring (bicyclic) bond motifs is 1. The van der Waals surface area contributed by atoms with Crippen LogP contribution in [0.5, 0.6) is 0 Å². The lowest BCUT2D eigenvalue weighted by molar-refractivity contribution is 0.482. The second-order valence-corrected chi connectivity index (χ2v) is 4.44. The molecule has 0 amide bonds.